The fourth-order valence-electron chi connectivity index (χ4n) is 2.54. The molecule has 0 atom stereocenters. The van der Waals surface area contributed by atoms with Crippen molar-refractivity contribution in [3.8, 4) is 0 Å². The van der Waals surface area contributed by atoms with Gasteiger partial charge in [-0.3, -0.25) is 4.79 Å². The summed E-state index contributed by atoms with van der Waals surface area (Å²) in [7, 11) is 0. The minimum Gasteiger partial charge on any atom is -0.321 e. The molecular weight excluding hydrogens is 210 g/mol. The minimum atomic E-state index is 0.0108. The number of anilines is 1. The van der Waals surface area contributed by atoms with Crippen LogP contribution < -0.4 is 5.32 Å². The number of nitrogens with one attached hydrogen (secondary N) is 1. The van der Waals surface area contributed by atoms with E-state index in [4.69, 9.17) is 0 Å². The summed E-state index contributed by atoms with van der Waals surface area (Å²) in [5, 5.41) is 5.17. The molecule has 0 fully saturated rings. The molecule has 0 saturated heterocycles. The van der Waals surface area contributed by atoms with Crippen LogP contribution in [0.1, 0.15) is 36.7 Å². The van der Waals surface area contributed by atoms with Gasteiger partial charge in [0.25, 0.3) is 5.91 Å². The van der Waals surface area contributed by atoms with E-state index in [-0.39, 0.29) is 11.3 Å². The molecule has 0 radical (unpaired) electrons. The Morgan fingerprint density at radius 1 is 1.06 bits per heavy atom. The molecule has 2 aromatic rings. The Morgan fingerprint density at radius 3 is 2.53 bits per heavy atom. The summed E-state index contributed by atoms with van der Waals surface area (Å²) < 4.78 is 0. The van der Waals surface area contributed by atoms with Crippen LogP contribution >= 0.6 is 0 Å². The van der Waals surface area contributed by atoms with E-state index in [1.54, 1.807) is 0 Å². The van der Waals surface area contributed by atoms with E-state index >= 15 is 0 Å². The Balaban J connectivity index is 2.45. The van der Waals surface area contributed by atoms with Crippen molar-refractivity contribution in [2.24, 2.45) is 0 Å². The zero-order valence-electron chi connectivity index (χ0n) is 10.3. The fraction of sp³-hybridized carbons (Fsp3) is 0.267. The average molecular weight is 225 g/mol. The molecule has 2 nitrogen and oxygen atoms in total. The maximum absolute atomic E-state index is 11.8. The Hall–Kier alpha value is -1.83. The van der Waals surface area contributed by atoms with Gasteiger partial charge in [0.15, 0.2) is 0 Å². The van der Waals surface area contributed by atoms with Gasteiger partial charge < -0.3 is 5.32 Å². The van der Waals surface area contributed by atoms with Crippen molar-refractivity contribution in [2.45, 2.75) is 26.2 Å². The van der Waals surface area contributed by atoms with Gasteiger partial charge in [0.2, 0.25) is 0 Å². The highest BCUT2D eigenvalue weighted by molar-refractivity contribution is 6.24. The van der Waals surface area contributed by atoms with Crippen LogP contribution in [0.15, 0.2) is 30.3 Å². The predicted octanol–water partition coefficient (Wildman–Crippen LogP) is 3.70. The molecule has 1 N–H and O–H groups in total. The van der Waals surface area contributed by atoms with Crippen molar-refractivity contribution in [3.63, 3.8) is 0 Å². The van der Waals surface area contributed by atoms with E-state index in [2.05, 4.69) is 38.2 Å². The summed E-state index contributed by atoms with van der Waals surface area (Å²) >= 11 is 0. The summed E-state index contributed by atoms with van der Waals surface area (Å²) in [5.41, 5.74) is 3.11. The lowest BCUT2D eigenvalue weighted by Crippen LogP contribution is -2.11. The van der Waals surface area contributed by atoms with Gasteiger partial charge in [-0.1, -0.05) is 39.0 Å². The largest absolute Gasteiger partial charge is 0.321 e. The molecular formula is C15H15NO. The van der Waals surface area contributed by atoms with E-state index in [0.717, 1.165) is 16.6 Å². The Bertz CT molecular complexity index is 635. The van der Waals surface area contributed by atoms with Crippen molar-refractivity contribution in [2.75, 3.05) is 5.32 Å². The molecule has 0 unspecified atom stereocenters. The average Bonchev–Trinajstić information content (AvgIpc) is 2.57. The van der Waals surface area contributed by atoms with E-state index < -0.39 is 0 Å². The quantitative estimate of drug-likeness (QED) is 0.727. The molecule has 1 amide bonds. The molecule has 0 aromatic heterocycles. The highest BCUT2D eigenvalue weighted by atomic mass is 16.1. The van der Waals surface area contributed by atoms with Gasteiger partial charge in [-0.05, 0) is 28.5 Å². The number of amides is 1. The molecule has 1 aliphatic heterocycles. The van der Waals surface area contributed by atoms with Crippen molar-refractivity contribution >= 4 is 22.4 Å². The molecule has 0 bridgehead atoms. The maximum Gasteiger partial charge on any atom is 0.256 e. The van der Waals surface area contributed by atoms with Crippen LogP contribution in [0.25, 0.3) is 10.8 Å². The predicted molar refractivity (Wildman–Crippen MR) is 70.6 cm³/mol. The van der Waals surface area contributed by atoms with Crippen molar-refractivity contribution in [1.29, 1.82) is 0 Å². The second-order valence-corrected chi connectivity index (χ2v) is 5.59. The lowest BCUT2D eigenvalue weighted by molar-refractivity contribution is 0.103. The zero-order valence-corrected chi connectivity index (χ0v) is 10.3. The SMILES string of the molecule is CC(C)(C)c1ccc2c3c(cccc13)C(=O)N2. The Kier molecular flexibility index (Phi) is 1.88. The van der Waals surface area contributed by atoms with Crippen LogP contribution in [0.5, 0.6) is 0 Å². The van der Waals surface area contributed by atoms with Crippen LogP contribution in [0.3, 0.4) is 0 Å². The monoisotopic (exact) mass is 225 g/mol. The van der Waals surface area contributed by atoms with Gasteiger partial charge in [0, 0.05) is 16.6 Å². The number of hydrogen-bond donors (Lipinski definition) is 1. The van der Waals surface area contributed by atoms with Gasteiger partial charge in [0.1, 0.15) is 0 Å². The molecule has 0 spiro atoms. The van der Waals surface area contributed by atoms with Gasteiger partial charge in [-0.15, -0.1) is 0 Å². The van der Waals surface area contributed by atoms with Crippen LogP contribution in [-0.4, -0.2) is 5.91 Å². The highest BCUT2D eigenvalue weighted by Gasteiger charge is 2.25. The molecule has 86 valence electrons. The van der Waals surface area contributed by atoms with Crippen LogP contribution in [0, 0.1) is 0 Å². The molecule has 2 aromatic carbocycles. The molecule has 3 rings (SSSR count). The number of rotatable bonds is 0. The lowest BCUT2D eigenvalue weighted by Gasteiger charge is -2.21. The standard InChI is InChI=1S/C15H15NO/c1-15(2,3)11-7-8-12-13-9(11)5-4-6-10(13)14(17)16-12/h4-8H,1-3H3,(H,16,17). The summed E-state index contributed by atoms with van der Waals surface area (Å²) in [4.78, 5) is 11.8. The number of carbonyl (C=O) groups is 1. The highest BCUT2D eigenvalue weighted by Crippen LogP contribution is 2.38. The van der Waals surface area contributed by atoms with Gasteiger partial charge in [-0.2, -0.15) is 0 Å². The topological polar surface area (TPSA) is 29.1 Å². The first kappa shape index (κ1) is 10.3. The van der Waals surface area contributed by atoms with Gasteiger partial charge in [0.05, 0.1) is 0 Å². The third kappa shape index (κ3) is 1.37. The summed E-state index contributed by atoms with van der Waals surface area (Å²) in [6.45, 7) is 6.59. The number of benzene rings is 2. The normalized spacial score (nSPS) is 14.2. The first-order valence-electron chi connectivity index (χ1n) is 5.86. The van der Waals surface area contributed by atoms with E-state index in [9.17, 15) is 4.79 Å². The zero-order chi connectivity index (χ0) is 12.2. The van der Waals surface area contributed by atoms with Crippen LogP contribution in [-0.2, 0) is 5.41 Å². The summed E-state index contributed by atoms with van der Waals surface area (Å²) in [6, 6.07) is 10.1. The molecule has 1 heterocycles. The van der Waals surface area contributed by atoms with Gasteiger partial charge in [-0.25, -0.2) is 0 Å². The third-order valence-electron chi connectivity index (χ3n) is 3.34. The van der Waals surface area contributed by atoms with E-state index in [1.807, 2.05) is 18.2 Å². The second-order valence-electron chi connectivity index (χ2n) is 5.59. The number of hydrogen-bond acceptors (Lipinski definition) is 1. The smallest absolute Gasteiger partial charge is 0.256 e. The summed E-state index contributed by atoms with van der Waals surface area (Å²) in [6.07, 6.45) is 0. The minimum absolute atomic E-state index is 0.0108. The Labute approximate surface area is 101 Å². The van der Waals surface area contributed by atoms with Crippen molar-refractivity contribution in [1.82, 2.24) is 0 Å². The molecule has 1 aliphatic rings. The third-order valence-corrected chi connectivity index (χ3v) is 3.34. The maximum atomic E-state index is 11.8. The summed E-state index contributed by atoms with van der Waals surface area (Å²) in [5.74, 6) is 0.0108. The second kappa shape index (κ2) is 3.10. The van der Waals surface area contributed by atoms with Crippen molar-refractivity contribution < 1.29 is 4.79 Å². The molecule has 0 aliphatic carbocycles. The first-order chi connectivity index (χ1) is 7.98. The number of carbonyl (C=O) groups excluding carboxylic acids is 1. The van der Waals surface area contributed by atoms with Crippen molar-refractivity contribution in [3.05, 3.63) is 41.5 Å². The van der Waals surface area contributed by atoms with Gasteiger partial charge >= 0.3 is 0 Å². The lowest BCUT2D eigenvalue weighted by atomic mass is 9.83. The van der Waals surface area contributed by atoms with E-state index in [1.165, 1.54) is 10.9 Å². The van der Waals surface area contributed by atoms with E-state index in [0.29, 0.717) is 0 Å². The fourth-order valence-corrected chi connectivity index (χ4v) is 2.54. The molecule has 0 saturated carbocycles. The molecule has 17 heavy (non-hydrogen) atoms. The van der Waals surface area contributed by atoms with Crippen LogP contribution in [0.4, 0.5) is 5.69 Å². The Morgan fingerprint density at radius 2 is 1.82 bits per heavy atom. The molecule has 2 heteroatoms. The first-order valence-corrected chi connectivity index (χ1v) is 5.86. The van der Waals surface area contributed by atoms with Crippen LogP contribution in [0.2, 0.25) is 0 Å².